The highest BCUT2D eigenvalue weighted by molar-refractivity contribution is 7.99. The number of hydrogen-bond acceptors (Lipinski definition) is 7. The second-order valence-electron chi connectivity index (χ2n) is 11.4. The smallest absolute Gasteiger partial charge is 0.206 e. The predicted octanol–water partition coefficient (Wildman–Crippen LogP) is 4.34. The number of anilines is 2. The van der Waals surface area contributed by atoms with Crippen molar-refractivity contribution >= 4 is 46.3 Å². The molecule has 0 atom stereocenters. The van der Waals surface area contributed by atoms with Crippen molar-refractivity contribution in [2.75, 3.05) is 35.8 Å². The van der Waals surface area contributed by atoms with E-state index in [9.17, 15) is 0 Å². The van der Waals surface area contributed by atoms with Gasteiger partial charge in [-0.05, 0) is 84.7 Å². The Morgan fingerprint density at radius 1 is 0.789 bits per heavy atom. The van der Waals surface area contributed by atoms with E-state index in [1.807, 2.05) is 0 Å². The highest BCUT2D eigenvalue weighted by Crippen LogP contribution is 2.42. The Morgan fingerprint density at radius 3 is 2.21 bits per heavy atom. The van der Waals surface area contributed by atoms with Crippen LogP contribution in [0, 0.1) is 10.4 Å². The van der Waals surface area contributed by atoms with Gasteiger partial charge in [0.1, 0.15) is 29.5 Å². The van der Waals surface area contributed by atoms with Gasteiger partial charge in [0.05, 0.1) is 29.5 Å². The van der Waals surface area contributed by atoms with E-state index >= 15 is 0 Å². The summed E-state index contributed by atoms with van der Waals surface area (Å²) >= 11 is 2.77. The monoisotopic (exact) mass is 537 g/mol. The van der Waals surface area contributed by atoms with Crippen LogP contribution in [0.3, 0.4) is 0 Å². The molecule has 190 valence electrons. The lowest BCUT2D eigenvalue weighted by atomic mass is 9.87. The SMILES string of the molecule is c1c(-c2c3c(c(=c4cc5c6c(c4)CCC[N+]=6CCC5)c4nsnc24)=NSN3)cc2c3c1CCCN3CCC2. The molecule has 6 heterocycles. The zero-order chi connectivity index (χ0) is 24.8. The maximum atomic E-state index is 4.97. The average Bonchev–Trinajstić information content (AvgIpc) is 3.62. The maximum Gasteiger partial charge on any atom is 0.206 e. The molecule has 0 saturated heterocycles. The van der Waals surface area contributed by atoms with Gasteiger partial charge in [-0.1, -0.05) is 0 Å². The van der Waals surface area contributed by atoms with Crippen LogP contribution in [-0.4, -0.2) is 34.9 Å². The second-order valence-corrected chi connectivity index (χ2v) is 12.5. The van der Waals surface area contributed by atoms with Crippen LogP contribution >= 0.6 is 23.9 Å². The van der Waals surface area contributed by atoms with E-state index in [0.29, 0.717) is 0 Å². The molecular weight excluding hydrogens is 509 g/mol. The van der Waals surface area contributed by atoms with Crippen LogP contribution in [0.5, 0.6) is 0 Å². The van der Waals surface area contributed by atoms with Gasteiger partial charge in [0.2, 0.25) is 5.36 Å². The minimum atomic E-state index is 1.00. The van der Waals surface area contributed by atoms with Gasteiger partial charge in [-0.3, -0.25) is 0 Å². The van der Waals surface area contributed by atoms with Gasteiger partial charge >= 0.3 is 0 Å². The normalized spacial score (nSPS) is 19.1. The van der Waals surface area contributed by atoms with Gasteiger partial charge in [0, 0.05) is 53.5 Å². The topological polar surface area (TPSA) is 56.4 Å². The second kappa shape index (κ2) is 8.26. The van der Waals surface area contributed by atoms with E-state index < -0.39 is 0 Å². The lowest BCUT2D eigenvalue weighted by molar-refractivity contribution is 0.480. The molecule has 8 heteroatoms. The number of aryl methyl sites for hydroxylation is 4. The van der Waals surface area contributed by atoms with E-state index in [-0.39, 0.29) is 0 Å². The van der Waals surface area contributed by atoms with Crippen molar-refractivity contribution in [3.05, 3.63) is 67.7 Å². The van der Waals surface area contributed by atoms with E-state index in [2.05, 4.69) is 38.5 Å². The molecule has 3 aromatic carbocycles. The molecule has 1 aromatic heterocycles. The first-order chi connectivity index (χ1) is 18.8. The molecule has 0 aliphatic carbocycles. The molecule has 5 aliphatic heterocycles. The highest BCUT2D eigenvalue weighted by Gasteiger charge is 2.28. The van der Waals surface area contributed by atoms with Gasteiger partial charge in [-0.2, -0.15) is 13.1 Å². The molecule has 9 rings (SSSR count). The number of nitrogens with one attached hydrogen (secondary N) is 1. The van der Waals surface area contributed by atoms with Crippen LogP contribution in [0.2, 0.25) is 0 Å². The Balaban J connectivity index is 1.38. The molecule has 0 saturated carbocycles. The molecular formula is C30H29N6S2+. The zero-order valence-corrected chi connectivity index (χ0v) is 23.0. The summed E-state index contributed by atoms with van der Waals surface area (Å²) in [7, 11) is 0. The van der Waals surface area contributed by atoms with Gasteiger partial charge in [-0.25, -0.2) is 4.58 Å². The standard InChI is InChI=1S/C30H29N6S2/c1-5-17-13-21(14-18-6-2-10-35(9-1)29(17)18)23-25-27(33-37-31-25)24(28-26(23)32-38-34-28)22-15-19-7-3-11-36-12-4-8-20(16-22)30(19)36/h13-16,31H,1-12H2/q+1. The number of fused-ring (bicyclic) bond motifs is 2. The molecule has 38 heavy (non-hydrogen) atoms. The Hall–Kier alpha value is -2.97. The van der Waals surface area contributed by atoms with Gasteiger partial charge < -0.3 is 9.62 Å². The van der Waals surface area contributed by atoms with Crippen LogP contribution in [0.4, 0.5) is 11.4 Å². The van der Waals surface area contributed by atoms with E-state index in [4.69, 9.17) is 13.1 Å². The van der Waals surface area contributed by atoms with Crippen molar-refractivity contribution in [1.82, 2.24) is 13.3 Å². The van der Waals surface area contributed by atoms with E-state index in [1.165, 1.54) is 125 Å². The number of benzene rings is 3. The number of aromatic nitrogens is 2. The summed E-state index contributed by atoms with van der Waals surface area (Å²) in [4.78, 5) is 2.61. The Kier molecular flexibility index (Phi) is 4.76. The van der Waals surface area contributed by atoms with Gasteiger partial charge in [0.15, 0.2) is 0 Å². The summed E-state index contributed by atoms with van der Waals surface area (Å²) in [5.41, 5.74) is 13.1. The van der Waals surface area contributed by atoms with Crippen molar-refractivity contribution < 1.29 is 0 Å². The third-order valence-corrected chi connectivity index (χ3v) is 10.3. The molecule has 0 bridgehead atoms. The minimum absolute atomic E-state index is 1.00. The zero-order valence-electron chi connectivity index (χ0n) is 21.3. The fourth-order valence-electron chi connectivity index (χ4n) is 7.75. The molecule has 0 radical (unpaired) electrons. The van der Waals surface area contributed by atoms with Crippen molar-refractivity contribution in [2.24, 2.45) is 4.40 Å². The van der Waals surface area contributed by atoms with Crippen molar-refractivity contribution in [1.29, 1.82) is 0 Å². The van der Waals surface area contributed by atoms with Crippen molar-refractivity contribution in [3.63, 3.8) is 0 Å². The quantitative estimate of drug-likeness (QED) is 0.289. The number of rotatable bonds is 1. The molecule has 5 aliphatic rings. The summed E-state index contributed by atoms with van der Waals surface area (Å²) in [6.45, 7) is 4.78. The first kappa shape index (κ1) is 21.9. The Labute approximate surface area is 229 Å². The van der Waals surface area contributed by atoms with Crippen LogP contribution in [-0.2, 0) is 25.7 Å². The van der Waals surface area contributed by atoms with E-state index in [1.54, 1.807) is 0 Å². The third-order valence-electron chi connectivity index (χ3n) is 9.21. The lowest BCUT2D eigenvalue weighted by Crippen LogP contribution is -2.43. The molecule has 0 fully saturated rings. The summed E-state index contributed by atoms with van der Waals surface area (Å²) in [5.74, 6) is 0. The molecule has 4 aromatic rings. The van der Waals surface area contributed by atoms with Crippen molar-refractivity contribution in [3.8, 4) is 11.1 Å². The van der Waals surface area contributed by atoms with Crippen LogP contribution in [0.25, 0.3) is 22.2 Å². The number of nitrogens with zero attached hydrogens (tertiary/aromatic N) is 5. The van der Waals surface area contributed by atoms with E-state index in [0.717, 1.165) is 53.0 Å². The van der Waals surface area contributed by atoms with Crippen LogP contribution in [0.1, 0.15) is 47.9 Å². The van der Waals surface area contributed by atoms with Gasteiger partial charge in [-0.15, -0.1) is 0 Å². The Morgan fingerprint density at radius 2 is 1.47 bits per heavy atom. The molecule has 0 amide bonds. The fourth-order valence-corrected chi connectivity index (χ4v) is 8.91. The third kappa shape index (κ3) is 3.07. The predicted molar refractivity (Wildman–Crippen MR) is 155 cm³/mol. The minimum Gasteiger partial charge on any atom is -0.371 e. The summed E-state index contributed by atoms with van der Waals surface area (Å²) in [6, 6.07) is 9.74. The van der Waals surface area contributed by atoms with Crippen LogP contribution in [0.15, 0.2) is 28.7 Å². The molecule has 1 N–H and O–H groups in total. The largest absolute Gasteiger partial charge is 0.371 e. The first-order valence-electron chi connectivity index (χ1n) is 14.1. The summed E-state index contributed by atoms with van der Waals surface area (Å²) < 4.78 is 21.0. The lowest BCUT2D eigenvalue weighted by Gasteiger charge is -2.37. The summed E-state index contributed by atoms with van der Waals surface area (Å²) in [5, 5.41) is 4.95. The van der Waals surface area contributed by atoms with Gasteiger partial charge in [0.25, 0.3) is 0 Å². The Bertz CT molecular complexity index is 1840. The fraction of sp³-hybridized carbons (Fsp3) is 0.400. The maximum absolute atomic E-state index is 4.97. The molecule has 0 spiro atoms. The molecule has 0 unspecified atom stereocenters. The number of hydrogen-bond donors (Lipinski definition) is 1. The van der Waals surface area contributed by atoms with Crippen molar-refractivity contribution in [2.45, 2.75) is 51.4 Å². The first-order valence-corrected chi connectivity index (χ1v) is 15.6. The molecule has 6 nitrogen and oxygen atoms in total. The highest BCUT2D eigenvalue weighted by atomic mass is 32.2. The average molecular weight is 538 g/mol. The van der Waals surface area contributed by atoms with Crippen LogP contribution < -0.4 is 24.9 Å². The summed E-state index contributed by atoms with van der Waals surface area (Å²) in [6.07, 6.45) is 9.58.